The van der Waals surface area contributed by atoms with Gasteiger partial charge in [0.15, 0.2) is 0 Å². The molecule has 0 aliphatic carbocycles. The van der Waals surface area contributed by atoms with E-state index < -0.39 is 0 Å². The Morgan fingerprint density at radius 2 is 1.96 bits per heavy atom. The average Bonchev–Trinajstić information content (AvgIpc) is 3.07. The molecule has 1 N–H and O–H groups in total. The Hall–Kier alpha value is -1.85. The normalized spacial score (nSPS) is 16.3. The molecule has 5 heteroatoms. The molecule has 1 saturated heterocycles. The Labute approximate surface area is 150 Å². The van der Waals surface area contributed by atoms with Crippen LogP contribution in [0, 0.1) is 13.8 Å². The van der Waals surface area contributed by atoms with Crippen LogP contribution in [0.1, 0.15) is 35.6 Å². The molecule has 5 nitrogen and oxygen atoms in total. The number of aliphatic hydroxyl groups is 1. The van der Waals surface area contributed by atoms with Crippen molar-refractivity contribution in [2.75, 3.05) is 32.8 Å². The summed E-state index contributed by atoms with van der Waals surface area (Å²) in [6.45, 7) is 8.80. The zero-order valence-corrected chi connectivity index (χ0v) is 15.3. The van der Waals surface area contributed by atoms with E-state index in [0.29, 0.717) is 12.5 Å². The fraction of sp³-hybridized carbons (Fsp3) is 0.550. The summed E-state index contributed by atoms with van der Waals surface area (Å²) in [5.41, 5.74) is 3.70. The van der Waals surface area contributed by atoms with Gasteiger partial charge in [-0.05, 0) is 63.0 Å². The van der Waals surface area contributed by atoms with Crippen LogP contribution in [-0.2, 0) is 6.54 Å². The predicted molar refractivity (Wildman–Crippen MR) is 99.1 cm³/mol. The van der Waals surface area contributed by atoms with Gasteiger partial charge in [-0.3, -0.25) is 9.58 Å². The molecule has 1 fully saturated rings. The van der Waals surface area contributed by atoms with Crippen LogP contribution < -0.4 is 4.74 Å². The molecule has 0 unspecified atom stereocenters. The number of nitrogens with zero attached hydrogens (tertiary/aromatic N) is 3. The molecule has 0 atom stereocenters. The van der Waals surface area contributed by atoms with Crippen LogP contribution in [0.15, 0.2) is 30.5 Å². The highest BCUT2D eigenvalue weighted by atomic mass is 16.5. The summed E-state index contributed by atoms with van der Waals surface area (Å²) in [5, 5.41) is 13.5. The van der Waals surface area contributed by atoms with Gasteiger partial charge >= 0.3 is 0 Å². The van der Waals surface area contributed by atoms with Crippen molar-refractivity contribution in [3.8, 4) is 5.75 Å². The molecule has 0 spiro atoms. The van der Waals surface area contributed by atoms with E-state index in [-0.39, 0.29) is 6.61 Å². The van der Waals surface area contributed by atoms with E-state index in [1.807, 2.05) is 10.9 Å². The van der Waals surface area contributed by atoms with Gasteiger partial charge in [-0.1, -0.05) is 12.1 Å². The van der Waals surface area contributed by atoms with Crippen LogP contribution >= 0.6 is 0 Å². The van der Waals surface area contributed by atoms with Crippen molar-refractivity contribution in [1.29, 1.82) is 0 Å². The Bertz CT molecular complexity index is 675. The summed E-state index contributed by atoms with van der Waals surface area (Å²) < 4.78 is 7.94. The number of aryl methyl sites for hydroxylation is 2. The quantitative estimate of drug-likeness (QED) is 0.840. The summed E-state index contributed by atoms with van der Waals surface area (Å²) >= 11 is 0. The maximum Gasteiger partial charge on any atom is 0.122 e. The molecule has 1 aromatic carbocycles. The molecule has 3 rings (SSSR count). The van der Waals surface area contributed by atoms with E-state index >= 15 is 0 Å². The molecular weight excluding hydrogens is 314 g/mol. The SMILES string of the molecule is Cc1ccc(C)c(OCCN2CCC(c3ccnn3CCO)CC2)c1. The minimum atomic E-state index is 0.142. The first-order valence-electron chi connectivity index (χ1n) is 9.22. The summed E-state index contributed by atoms with van der Waals surface area (Å²) in [4.78, 5) is 2.48. The van der Waals surface area contributed by atoms with E-state index in [1.165, 1.54) is 16.8 Å². The van der Waals surface area contributed by atoms with Crippen LogP contribution in [0.3, 0.4) is 0 Å². The van der Waals surface area contributed by atoms with Gasteiger partial charge in [0.2, 0.25) is 0 Å². The zero-order chi connectivity index (χ0) is 17.6. The van der Waals surface area contributed by atoms with Gasteiger partial charge in [0.05, 0.1) is 13.2 Å². The van der Waals surface area contributed by atoms with Crippen molar-refractivity contribution in [3.63, 3.8) is 0 Å². The van der Waals surface area contributed by atoms with Crippen LogP contribution in [0.4, 0.5) is 0 Å². The number of benzene rings is 1. The first-order chi connectivity index (χ1) is 12.2. The second-order valence-electron chi connectivity index (χ2n) is 6.94. The Morgan fingerprint density at radius 1 is 1.16 bits per heavy atom. The predicted octanol–water partition coefficient (Wildman–Crippen LogP) is 2.75. The molecule has 1 aliphatic rings. The molecule has 0 bridgehead atoms. The Balaban J connectivity index is 1.45. The van der Waals surface area contributed by atoms with Crippen molar-refractivity contribution in [2.24, 2.45) is 0 Å². The summed E-state index contributed by atoms with van der Waals surface area (Å²) in [5.74, 6) is 1.55. The molecule has 2 heterocycles. The lowest BCUT2D eigenvalue weighted by Crippen LogP contribution is -2.36. The van der Waals surface area contributed by atoms with E-state index in [2.05, 4.69) is 48.1 Å². The fourth-order valence-corrected chi connectivity index (χ4v) is 3.57. The summed E-state index contributed by atoms with van der Waals surface area (Å²) in [6.07, 6.45) is 4.12. The minimum absolute atomic E-state index is 0.142. The summed E-state index contributed by atoms with van der Waals surface area (Å²) in [7, 11) is 0. The van der Waals surface area contributed by atoms with Gasteiger partial charge < -0.3 is 9.84 Å². The third-order valence-corrected chi connectivity index (χ3v) is 5.08. The molecular formula is C20H29N3O2. The second-order valence-corrected chi connectivity index (χ2v) is 6.94. The number of rotatable bonds is 7. The highest BCUT2D eigenvalue weighted by Crippen LogP contribution is 2.27. The van der Waals surface area contributed by atoms with Gasteiger partial charge in [-0.25, -0.2) is 0 Å². The first kappa shape index (κ1) is 18.0. The van der Waals surface area contributed by atoms with Gasteiger partial charge in [-0.15, -0.1) is 0 Å². The topological polar surface area (TPSA) is 50.5 Å². The standard InChI is InChI=1S/C20H29N3O2/c1-16-3-4-17(2)20(15-16)25-14-12-22-9-6-18(7-10-22)19-5-8-21-23(19)11-13-24/h3-5,8,15,18,24H,6-7,9-14H2,1-2H3. The lowest BCUT2D eigenvalue weighted by Gasteiger charge is -2.32. The van der Waals surface area contributed by atoms with Crippen LogP contribution in [0.5, 0.6) is 5.75 Å². The van der Waals surface area contributed by atoms with Crippen LogP contribution in [0.2, 0.25) is 0 Å². The molecule has 1 aliphatic heterocycles. The lowest BCUT2D eigenvalue weighted by atomic mass is 9.93. The maximum atomic E-state index is 9.15. The van der Waals surface area contributed by atoms with Crippen molar-refractivity contribution < 1.29 is 9.84 Å². The lowest BCUT2D eigenvalue weighted by molar-refractivity contribution is 0.170. The highest BCUT2D eigenvalue weighted by molar-refractivity contribution is 5.35. The zero-order valence-electron chi connectivity index (χ0n) is 15.3. The first-order valence-corrected chi connectivity index (χ1v) is 9.22. The molecule has 25 heavy (non-hydrogen) atoms. The molecule has 0 saturated carbocycles. The van der Waals surface area contributed by atoms with E-state index in [0.717, 1.165) is 44.8 Å². The van der Waals surface area contributed by atoms with Gasteiger partial charge in [0, 0.05) is 24.4 Å². The number of hydrogen-bond donors (Lipinski definition) is 1. The van der Waals surface area contributed by atoms with E-state index in [9.17, 15) is 0 Å². The van der Waals surface area contributed by atoms with Crippen molar-refractivity contribution in [3.05, 3.63) is 47.3 Å². The van der Waals surface area contributed by atoms with Crippen molar-refractivity contribution in [1.82, 2.24) is 14.7 Å². The van der Waals surface area contributed by atoms with Crippen molar-refractivity contribution >= 4 is 0 Å². The third kappa shape index (κ3) is 4.61. The van der Waals surface area contributed by atoms with E-state index in [4.69, 9.17) is 9.84 Å². The maximum absolute atomic E-state index is 9.15. The monoisotopic (exact) mass is 343 g/mol. The highest BCUT2D eigenvalue weighted by Gasteiger charge is 2.23. The number of likely N-dealkylation sites (tertiary alicyclic amines) is 1. The Morgan fingerprint density at radius 3 is 2.72 bits per heavy atom. The third-order valence-electron chi connectivity index (χ3n) is 5.08. The summed E-state index contributed by atoms with van der Waals surface area (Å²) in [6, 6.07) is 8.45. The molecule has 136 valence electrons. The smallest absolute Gasteiger partial charge is 0.122 e. The van der Waals surface area contributed by atoms with Crippen LogP contribution in [-0.4, -0.2) is 52.6 Å². The van der Waals surface area contributed by atoms with Crippen LogP contribution in [0.25, 0.3) is 0 Å². The molecule has 2 aromatic rings. The number of aliphatic hydroxyl groups excluding tert-OH is 1. The van der Waals surface area contributed by atoms with Gasteiger partial charge in [0.25, 0.3) is 0 Å². The minimum Gasteiger partial charge on any atom is -0.492 e. The van der Waals surface area contributed by atoms with Crippen molar-refractivity contribution in [2.45, 2.75) is 39.2 Å². The largest absolute Gasteiger partial charge is 0.492 e. The number of piperidine rings is 1. The van der Waals surface area contributed by atoms with Gasteiger partial charge in [0.1, 0.15) is 12.4 Å². The Kier molecular flexibility index (Phi) is 6.10. The number of ether oxygens (including phenoxy) is 1. The molecule has 0 amide bonds. The number of aromatic nitrogens is 2. The van der Waals surface area contributed by atoms with Gasteiger partial charge in [-0.2, -0.15) is 5.10 Å². The molecule has 1 aromatic heterocycles. The average molecular weight is 343 g/mol. The molecule has 0 radical (unpaired) electrons. The van der Waals surface area contributed by atoms with E-state index in [1.54, 1.807) is 0 Å². The fourth-order valence-electron chi connectivity index (χ4n) is 3.57. The number of hydrogen-bond acceptors (Lipinski definition) is 4. The second kappa shape index (κ2) is 8.50.